The largest absolute Gasteiger partial charge is 0.348 e. The minimum Gasteiger partial charge on any atom is -0.348 e. The zero-order valence-corrected chi connectivity index (χ0v) is 14.1. The third-order valence-electron chi connectivity index (χ3n) is 4.23. The van der Waals surface area contributed by atoms with Crippen LogP contribution in [-0.2, 0) is 16.0 Å². The number of imidazole rings is 1. The Labute approximate surface area is 148 Å². The number of rotatable bonds is 4. The van der Waals surface area contributed by atoms with Gasteiger partial charge in [0.1, 0.15) is 11.8 Å². The van der Waals surface area contributed by atoms with Crippen LogP contribution < -0.4 is 15.5 Å². The van der Waals surface area contributed by atoms with E-state index in [1.54, 1.807) is 24.3 Å². The molecule has 9 nitrogen and oxygen atoms in total. The van der Waals surface area contributed by atoms with E-state index in [1.165, 1.54) is 6.33 Å². The molecule has 4 rings (SSSR count). The number of carbonyl (C=O) groups excluding carboxylic acids is 2. The van der Waals surface area contributed by atoms with Gasteiger partial charge in [0.2, 0.25) is 11.8 Å². The highest BCUT2D eigenvalue weighted by atomic mass is 16.2. The topological polar surface area (TPSA) is 116 Å². The van der Waals surface area contributed by atoms with Crippen LogP contribution in [0.15, 0.2) is 30.9 Å². The molecule has 1 aliphatic heterocycles. The lowest BCUT2D eigenvalue weighted by Gasteiger charge is -2.19. The van der Waals surface area contributed by atoms with Gasteiger partial charge < -0.3 is 20.5 Å². The van der Waals surface area contributed by atoms with E-state index in [0.29, 0.717) is 35.5 Å². The number of carbonyl (C=O) groups is 2. The number of aromatic amines is 1. The summed E-state index contributed by atoms with van der Waals surface area (Å²) in [4.78, 5) is 40.9. The number of aromatic nitrogens is 4. The Balaban J connectivity index is 1.45. The number of hydrogen-bond acceptors (Lipinski definition) is 6. The third kappa shape index (κ3) is 3.06. The van der Waals surface area contributed by atoms with Gasteiger partial charge in [-0.25, -0.2) is 15.0 Å². The standard InChI is InChI=1S/C17H17N7O2/c1-24(17-15-16(19-8-18-15)20-9-21-17)7-14(26)22-11-3-4-12-10(6-11)2-5-13(25)23-12/h3-4,6,8-9H,2,5,7H2,1H3,(H,22,26)(H,23,25)(H,18,19,20,21). The Kier molecular flexibility index (Phi) is 3.96. The van der Waals surface area contributed by atoms with Crippen molar-refractivity contribution in [2.24, 2.45) is 0 Å². The first-order valence-corrected chi connectivity index (χ1v) is 8.18. The van der Waals surface area contributed by atoms with E-state index in [9.17, 15) is 9.59 Å². The van der Waals surface area contributed by atoms with E-state index in [4.69, 9.17) is 0 Å². The molecule has 26 heavy (non-hydrogen) atoms. The highest BCUT2D eigenvalue weighted by Gasteiger charge is 2.17. The molecule has 0 saturated heterocycles. The number of hydrogen-bond donors (Lipinski definition) is 3. The molecule has 132 valence electrons. The molecule has 1 aliphatic rings. The van der Waals surface area contributed by atoms with Gasteiger partial charge in [-0.3, -0.25) is 9.59 Å². The van der Waals surface area contributed by atoms with Gasteiger partial charge in [-0.05, 0) is 30.2 Å². The number of aryl methyl sites for hydroxylation is 1. The summed E-state index contributed by atoms with van der Waals surface area (Å²) in [6, 6.07) is 5.48. The minimum atomic E-state index is -0.168. The van der Waals surface area contributed by atoms with E-state index in [-0.39, 0.29) is 18.4 Å². The first-order chi connectivity index (χ1) is 12.6. The number of fused-ring (bicyclic) bond motifs is 2. The maximum atomic E-state index is 12.4. The highest BCUT2D eigenvalue weighted by Crippen LogP contribution is 2.25. The van der Waals surface area contributed by atoms with Crippen molar-refractivity contribution in [1.82, 2.24) is 19.9 Å². The van der Waals surface area contributed by atoms with Crippen molar-refractivity contribution < 1.29 is 9.59 Å². The average molecular weight is 351 g/mol. The van der Waals surface area contributed by atoms with Crippen LogP contribution in [0.3, 0.4) is 0 Å². The van der Waals surface area contributed by atoms with E-state index >= 15 is 0 Å². The number of H-pyrrole nitrogens is 1. The van der Waals surface area contributed by atoms with Gasteiger partial charge in [0, 0.05) is 24.8 Å². The fourth-order valence-corrected chi connectivity index (χ4v) is 2.99. The number of nitrogens with one attached hydrogen (secondary N) is 3. The molecule has 0 unspecified atom stereocenters. The van der Waals surface area contributed by atoms with Crippen LogP contribution in [0.2, 0.25) is 0 Å². The number of nitrogens with zero attached hydrogens (tertiary/aromatic N) is 4. The number of likely N-dealkylation sites (N-methyl/N-ethyl adjacent to an activating group) is 1. The quantitative estimate of drug-likeness (QED) is 0.653. The molecule has 0 atom stereocenters. The predicted molar refractivity (Wildman–Crippen MR) is 97.0 cm³/mol. The lowest BCUT2D eigenvalue weighted by Crippen LogP contribution is -2.31. The van der Waals surface area contributed by atoms with Crippen molar-refractivity contribution >= 4 is 40.2 Å². The Morgan fingerprint density at radius 3 is 3.04 bits per heavy atom. The van der Waals surface area contributed by atoms with Crippen LogP contribution in [0, 0.1) is 0 Å². The summed E-state index contributed by atoms with van der Waals surface area (Å²) in [5, 5.41) is 5.71. The first kappa shape index (κ1) is 16.0. The predicted octanol–water partition coefficient (Wildman–Crippen LogP) is 1.31. The molecule has 2 amide bonds. The SMILES string of the molecule is CN(CC(=O)Nc1ccc2c(c1)CCC(=O)N2)c1ncnc2nc[nH]c12. The number of amides is 2. The van der Waals surface area contributed by atoms with Gasteiger partial charge in [0.05, 0.1) is 12.9 Å². The molecule has 1 aromatic carbocycles. The second kappa shape index (κ2) is 6.43. The van der Waals surface area contributed by atoms with E-state index in [0.717, 1.165) is 11.3 Å². The Hall–Kier alpha value is -3.49. The van der Waals surface area contributed by atoms with Gasteiger partial charge in [-0.2, -0.15) is 0 Å². The maximum Gasteiger partial charge on any atom is 0.243 e. The normalized spacial score (nSPS) is 13.2. The summed E-state index contributed by atoms with van der Waals surface area (Å²) in [5.41, 5.74) is 3.77. The summed E-state index contributed by atoms with van der Waals surface area (Å²) in [5.74, 6) is 0.459. The molecule has 3 N–H and O–H groups in total. The molecule has 0 saturated carbocycles. The highest BCUT2D eigenvalue weighted by molar-refractivity contribution is 5.97. The van der Waals surface area contributed by atoms with Crippen LogP contribution in [0.4, 0.5) is 17.2 Å². The third-order valence-corrected chi connectivity index (χ3v) is 4.23. The van der Waals surface area contributed by atoms with Crippen LogP contribution in [0.1, 0.15) is 12.0 Å². The summed E-state index contributed by atoms with van der Waals surface area (Å²) in [6.45, 7) is 0.124. The second-order valence-corrected chi connectivity index (χ2v) is 6.12. The van der Waals surface area contributed by atoms with E-state index < -0.39 is 0 Å². The molecule has 0 radical (unpaired) electrons. The molecule has 2 aromatic heterocycles. The Bertz CT molecular complexity index is 998. The summed E-state index contributed by atoms with van der Waals surface area (Å²) < 4.78 is 0. The number of benzene rings is 1. The van der Waals surface area contributed by atoms with Crippen molar-refractivity contribution in [3.05, 3.63) is 36.4 Å². The average Bonchev–Trinajstić information content (AvgIpc) is 3.10. The second-order valence-electron chi connectivity index (χ2n) is 6.12. The lowest BCUT2D eigenvalue weighted by atomic mass is 10.0. The fourth-order valence-electron chi connectivity index (χ4n) is 2.99. The van der Waals surface area contributed by atoms with E-state index in [1.807, 2.05) is 12.1 Å². The Morgan fingerprint density at radius 1 is 1.27 bits per heavy atom. The van der Waals surface area contributed by atoms with Gasteiger partial charge in [0.15, 0.2) is 11.5 Å². The summed E-state index contributed by atoms with van der Waals surface area (Å²) >= 11 is 0. The van der Waals surface area contributed by atoms with Crippen LogP contribution in [0.25, 0.3) is 11.2 Å². The summed E-state index contributed by atoms with van der Waals surface area (Å²) in [6.07, 6.45) is 4.10. The van der Waals surface area contributed by atoms with Gasteiger partial charge in [-0.1, -0.05) is 0 Å². The molecule has 0 bridgehead atoms. The first-order valence-electron chi connectivity index (χ1n) is 8.18. The van der Waals surface area contributed by atoms with Crippen molar-refractivity contribution in [3.63, 3.8) is 0 Å². The lowest BCUT2D eigenvalue weighted by molar-refractivity contribution is -0.116. The van der Waals surface area contributed by atoms with Crippen molar-refractivity contribution in [2.75, 3.05) is 29.1 Å². The van der Waals surface area contributed by atoms with Crippen LogP contribution >= 0.6 is 0 Å². The van der Waals surface area contributed by atoms with Crippen LogP contribution in [0.5, 0.6) is 0 Å². The van der Waals surface area contributed by atoms with Crippen molar-refractivity contribution in [3.8, 4) is 0 Å². The van der Waals surface area contributed by atoms with Gasteiger partial charge in [0.25, 0.3) is 0 Å². The minimum absolute atomic E-state index is 0.0193. The molecule has 0 fully saturated rings. The molecule has 9 heteroatoms. The Morgan fingerprint density at radius 2 is 2.15 bits per heavy atom. The van der Waals surface area contributed by atoms with Crippen molar-refractivity contribution in [2.45, 2.75) is 12.8 Å². The molecule has 0 aliphatic carbocycles. The van der Waals surface area contributed by atoms with Gasteiger partial charge in [-0.15, -0.1) is 0 Å². The molecular weight excluding hydrogens is 334 g/mol. The molecule has 0 spiro atoms. The molecular formula is C17H17N7O2. The van der Waals surface area contributed by atoms with E-state index in [2.05, 4.69) is 30.6 Å². The maximum absolute atomic E-state index is 12.4. The monoisotopic (exact) mass is 351 g/mol. The zero-order valence-electron chi connectivity index (χ0n) is 14.1. The van der Waals surface area contributed by atoms with Gasteiger partial charge >= 0.3 is 0 Å². The fraction of sp³-hybridized carbons (Fsp3) is 0.235. The molecule has 3 aromatic rings. The zero-order chi connectivity index (χ0) is 18.1. The van der Waals surface area contributed by atoms with Crippen LogP contribution in [-0.4, -0.2) is 45.3 Å². The summed E-state index contributed by atoms with van der Waals surface area (Å²) in [7, 11) is 1.78. The number of anilines is 3. The smallest absolute Gasteiger partial charge is 0.243 e. The van der Waals surface area contributed by atoms with Crippen molar-refractivity contribution in [1.29, 1.82) is 0 Å². The molecule has 3 heterocycles.